The molecule has 0 aromatic heterocycles. The minimum atomic E-state index is -4.33. The summed E-state index contributed by atoms with van der Waals surface area (Å²) in [6, 6.07) is 15.6. The number of nitro groups is 1. The van der Waals surface area contributed by atoms with Gasteiger partial charge in [-0.1, -0.05) is 18.2 Å². The molecule has 37 heavy (non-hydrogen) atoms. The van der Waals surface area contributed by atoms with Crippen LogP contribution in [-0.2, 0) is 14.8 Å². The van der Waals surface area contributed by atoms with Crippen molar-refractivity contribution in [1.29, 1.82) is 0 Å². The number of carbonyl (C=O) groups excluding carboxylic acids is 1. The molecule has 0 fully saturated rings. The van der Waals surface area contributed by atoms with Crippen LogP contribution in [-0.4, -0.2) is 46.1 Å². The zero-order chi connectivity index (χ0) is 27.2. The predicted octanol–water partition coefficient (Wildman–Crippen LogP) is 3.92. The van der Waals surface area contributed by atoms with Crippen molar-refractivity contribution in [1.82, 2.24) is 5.32 Å². The molecule has 3 aromatic carbocycles. The van der Waals surface area contributed by atoms with Crippen LogP contribution in [0.25, 0.3) is 0 Å². The Balaban J connectivity index is 1.80. The van der Waals surface area contributed by atoms with E-state index in [1.807, 2.05) is 32.0 Å². The predicted molar refractivity (Wildman–Crippen MR) is 140 cm³/mol. The van der Waals surface area contributed by atoms with Gasteiger partial charge in [0, 0.05) is 11.6 Å². The van der Waals surface area contributed by atoms with Crippen molar-refractivity contribution in [2.45, 2.75) is 25.7 Å². The molecule has 11 heteroatoms. The van der Waals surface area contributed by atoms with Crippen molar-refractivity contribution < 1.29 is 27.6 Å². The highest BCUT2D eigenvalue weighted by Gasteiger charge is 2.29. The molecular formula is C26H29N3O7S. The van der Waals surface area contributed by atoms with Crippen molar-refractivity contribution >= 4 is 27.3 Å². The molecule has 196 valence electrons. The average Bonchev–Trinajstić information content (AvgIpc) is 2.87. The van der Waals surface area contributed by atoms with E-state index < -0.39 is 27.4 Å². The third kappa shape index (κ3) is 6.76. The number of nitrogens with zero attached hydrogens (tertiary/aromatic N) is 2. The maximum absolute atomic E-state index is 13.6. The Kier molecular flexibility index (Phi) is 8.72. The van der Waals surface area contributed by atoms with Crippen molar-refractivity contribution in [2.75, 3.05) is 31.1 Å². The molecule has 0 saturated heterocycles. The molecule has 0 spiro atoms. The summed E-state index contributed by atoms with van der Waals surface area (Å²) in [5.74, 6) is 0.642. The minimum Gasteiger partial charge on any atom is -0.497 e. The van der Waals surface area contributed by atoms with Crippen molar-refractivity contribution in [3.8, 4) is 11.5 Å². The maximum Gasteiger partial charge on any atom is 0.273 e. The fraction of sp³-hybridized carbons (Fsp3) is 0.269. The Hall–Kier alpha value is -4.12. The molecule has 1 N–H and O–H groups in total. The molecule has 0 aliphatic heterocycles. The molecule has 0 unspecified atom stereocenters. The monoisotopic (exact) mass is 527 g/mol. The number of anilines is 1. The number of hydrogen-bond acceptors (Lipinski definition) is 7. The van der Waals surface area contributed by atoms with Crippen LogP contribution in [0.2, 0.25) is 0 Å². The lowest BCUT2D eigenvalue weighted by atomic mass is 10.1. The highest BCUT2D eigenvalue weighted by molar-refractivity contribution is 7.92. The van der Waals surface area contributed by atoms with E-state index >= 15 is 0 Å². The first kappa shape index (κ1) is 27.5. The van der Waals surface area contributed by atoms with Gasteiger partial charge >= 0.3 is 0 Å². The van der Waals surface area contributed by atoms with E-state index in [0.29, 0.717) is 17.1 Å². The van der Waals surface area contributed by atoms with Gasteiger partial charge in [-0.25, -0.2) is 8.42 Å². The number of carbonyl (C=O) groups is 1. The van der Waals surface area contributed by atoms with Gasteiger partial charge in [-0.15, -0.1) is 0 Å². The zero-order valence-corrected chi connectivity index (χ0v) is 21.9. The molecule has 3 rings (SSSR count). The van der Waals surface area contributed by atoms with E-state index in [1.165, 1.54) is 38.3 Å². The smallest absolute Gasteiger partial charge is 0.273 e. The molecule has 10 nitrogen and oxygen atoms in total. The normalized spacial score (nSPS) is 11.0. The molecule has 0 heterocycles. The van der Waals surface area contributed by atoms with Gasteiger partial charge in [0.1, 0.15) is 24.7 Å². The lowest BCUT2D eigenvalue weighted by Crippen LogP contribution is -2.42. The summed E-state index contributed by atoms with van der Waals surface area (Å²) < 4.78 is 38.9. The maximum atomic E-state index is 13.6. The van der Waals surface area contributed by atoms with Crippen LogP contribution in [0.4, 0.5) is 11.4 Å². The Labute approximate surface area is 216 Å². The van der Waals surface area contributed by atoms with E-state index in [0.717, 1.165) is 21.5 Å². The summed E-state index contributed by atoms with van der Waals surface area (Å²) in [5.41, 5.74) is 2.19. The summed E-state index contributed by atoms with van der Waals surface area (Å²) in [6.07, 6.45) is 0. The van der Waals surface area contributed by atoms with Crippen LogP contribution >= 0.6 is 0 Å². The topological polar surface area (TPSA) is 128 Å². The second-order valence-electron chi connectivity index (χ2n) is 8.38. The molecule has 0 radical (unpaired) electrons. The Morgan fingerprint density at radius 2 is 1.68 bits per heavy atom. The van der Waals surface area contributed by atoms with Crippen LogP contribution in [0, 0.1) is 30.9 Å². The largest absolute Gasteiger partial charge is 0.497 e. The van der Waals surface area contributed by atoms with Crippen LogP contribution in [0.1, 0.15) is 16.7 Å². The molecule has 0 saturated carbocycles. The first-order valence-corrected chi connectivity index (χ1v) is 12.9. The summed E-state index contributed by atoms with van der Waals surface area (Å²) in [4.78, 5) is 23.2. The van der Waals surface area contributed by atoms with E-state index in [4.69, 9.17) is 9.47 Å². The van der Waals surface area contributed by atoms with Crippen LogP contribution in [0.5, 0.6) is 11.5 Å². The van der Waals surface area contributed by atoms with Crippen LogP contribution in [0.3, 0.4) is 0 Å². The number of amides is 1. The van der Waals surface area contributed by atoms with Crippen molar-refractivity contribution in [3.05, 3.63) is 87.5 Å². The molecule has 0 atom stereocenters. The highest BCUT2D eigenvalue weighted by atomic mass is 32.2. The Bertz CT molecular complexity index is 1390. The highest BCUT2D eigenvalue weighted by Crippen LogP contribution is 2.29. The molecular weight excluding hydrogens is 498 g/mol. The summed E-state index contributed by atoms with van der Waals surface area (Å²) in [6.45, 7) is 5.18. The third-order valence-corrected chi connectivity index (χ3v) is 7.41. The molecule has 3 aromatic rings. The number of nitrogens with one attached hydrogen (secondary N) is 1. The molecule has 0 aliphatic rings. The van der Waals surface area contributed by atoms with Gasteiger partial charge < -0.3 is 14.8 Å². The second kappa shape index (κ2) is 11.7. The van der Waals surface area contributed by atoms with E-state index in [9.17, 15) is 23.3 Å². The number of benzene rings is 3. The molecule has 0 bridgehead atoms. The fourth-order valence-corrected chi connectivity index (χ4v) is 4.98. The number of rotatable bonds is 11. The minimum absolute atomic E-state index is 0.152. The van der Waals surface area contributed by atoms with E-state index in [-0.39, 0.29) is 29.4 Å². The Morgan fingerprint density at radius 1 is 1.00 bits per heavy atom. The molecule has 1 amide bonds. The van der Waals surface area contributed by atoms with Crippen LogP contribution in [0.15, 0.2) is 65.6 Å². The fourth-order valence-electron chi connectivity index (χ4n) is 3.54. The molecule has 0 aliphatic carbocycles. The second-order valence-corrected chi connectivity index (χ2v) is 10.2. The SMILES string of the molecule is COc1ccc(N(CC(=O)NCCOc2cc(C)ccc2C)S(=O)(=O)c2ccc(C)c([N+](=O)[O-])c2)cc1. The number of methoxy groups -OCH3 is 1. The number of aryl methyl sites for hydroxylation is 3. The van der Waals surface area contributed by atoms with Gasteiger partial charge in [0.05, 0.1) is 29.2 Å². The van der Waals surface area contributed by atoms with Crippen molar-refractivity contribution in [3.63, 3.8) is 0 Å². The lowest BCUT2D eigenvalue weighted by Gasteiger charge is -2.24. The van der Waals surface area contributed by atoms with E-state index in [1.54, 1.807) is 12.1 Å². The van der Waals surface area contributed by atoms with Gasteiger partial charge in [0.15, 0.2) is 0 Å². The lowest BCUT2D eigenvalue weighted by molar-refractivity contribution is -0.385. The van der Waals surface area contributed by atoms with Gasteiger partial charge in [-0.2, -0.15) is 0 Å². The summed E-state index contributed by atoms with van der Waals surface area (Å²) in [7, 11) is -2.85. The van der Waals surface area contributed by atoms with Gasteiger partial charge in [-0.3, -0.25) is 19.2 Å². The first-order valence-electron chi connectivity index (χ1n) is 11.4. The van der Waals surface area contributed by atoms with Gasteiger partial charge in [-0.05, 0) is 68.3 Å². The summed E-state index contributed by atoms with van der Waals surface area (Å²) >= 11 is 0. The first-order chi connectivity index (χ1) is 17.5. The zero-order valence-electron chi connectivity index (χ0n) is 21.1. The van der Waals surface area contributed by atoms with E-state index in [2.05, 4.69) is 5.32 Å². The number of nitro benzene ring substituents is 1. The van der Waals surface area contributed by atoms with Gasteiger partial charge in [0.25, 0.3) is 15.7 Å². The number of ether oxygens (including phenoxy) is 2. The standard InChI is InChI=1S/C26H29N3O7S/c1-18-5-6-20(3)25(15-18)36-14-13-27-26(30)17-28(21-8-10-22(35-4)11-9-21)37(33,34)23-12-7-19(2)24(16-23)29(31)32/h5-12,15-16H,13-14,17H2,1-4H3,(H,27,30). The van der Waals surface area contributed by atoms with Crippen molar-refractivity contribution in [2.24, 2.45) is 0 Å². The number of hydrogen-bond donors (Lipinski definition) is 1. The Morgan fingerprint density at radius 3 is 2.32 bits per heavy atom. The average molecular weight is 528 g/mol. The number of sulfonamides is 1. The third-order valence-electron chi connectivity index (χ3n) is 5.64. The van der Waals surface area contributed by atoms with Gasteiger partial charge in [0.2, 0.25) is 5.91 Å². The van der Waals surface area contributed by atoms with Crippen LogP contribution < -0.4 is 19.1 Å². The quantitative estimate of drug-likeness (QED) is 0.227. The summed E-state index contributed by atoms with van der Waals surface area (Å²) in [5, 5.41) is 14.1.